The third-order valence-corrected chi connectivity index (χ3v) is 2.47. The molecule has 0 aliphatic rings. The van der Waals surface area contributed by atoms with Gasteiger partial charge in [-0.15, -0.1) is 0 Å². The molecule has 1 amide bonds. The zero-order valence-corrected chi connectivity index (χ0v) is 10.6. The molecule has 7 heteroatoms. The number of anilines is 1. The van der Waals surface area contributed by atoms with E-state index in [1.165, 1.54) is 7.11 Å². The highest BCUT2D eigenvalue weighted by molar-refractivity contribution is 5.99. The number of amides is 1. The molecule has 19 heavy (non-hydrogen) atoms. The minimum Gasteiger partial charge on any atom is -0.497 e. The fourth-order valence-corrected chi connectivity index (χ4v) is 1.54. The number of nitrogen functional groups attached to an aromatic ring is 1. The van der Waals surface area contributed by atoms with Gasteiger partial charge in [-0.1, -0.05) is 5.16 Å². The van der Waals surface area contributed by atoms with Crippen molar-refractivity contribution < 1.29 is 14.1 Å². The summed E-state index contributed by atoms with van der Waals surface area (Å²) in [5, 5.41) is 6.28. The van der Waals surface area contributed by atoms with E-state index in [9.17, 15) is 4.79 Å². The van der Waals surface area contributed by atoms with Crippen molar-refractivity contribution in [2.24, 2.45) is 0 Å². The van der Waals surface area contributed by atoms with Crippen molar-refractivity contribution in [2.75, 3.05) is 12.8 Å². The van der Waals surface area contributed by atoms with Gasteiger partial charge in [0, 0.05) is 11.8 Å². The largest absolute Gasteiger partial charge is 0.497 e. The van der Waals surface area contributed by atoms with Crippen LogP contribution in [0.15, 0.2) is 22.7 Å². The average Bonchev–Trinajstić information content (AvgIpc) is 2.81. The number of carbonyl (C=O) groups excluding carboxylic acids is 1. The third kappa shape index (κ3) is 3.01. The second-order valence-electron chi connectivity index (χ2n) is 3.87. The Morgan fingerprint density at radius 2 is 2.32 bits per heavy atom. The van der Waals surface area contributed by atoms with Crippen LogP contribution in [0.5, 0.6) is 5.75 Å². The highest BCUT2D eigenvalue weighted by Crippen LogP contribution is 2.19. The second kappa shape index (κ2) is 5.38. The van der Waals surface area contributed by atoms with E-state index in [1.54, 1.807) is 25.1 Å². The predicted molar refractivity (Wildman–Crippen MR) is 67.6 cm³/mol. The molecule has 2 aromatic rings. The standard InChI is InChI=1S/C12H14N4O3/c1-7-15-11(19-16-7)6-14-12(17)9-4-3-8(18-2)5-10(9)13/h3-5H,6,13H2,1-2H3,(H,14,17). The van der Waals surface area contributed by atoms with Crippen LogP contribution in [0.3, 0.4) is 0 Å². The lowest BCUT2D eigenvalue weighted by Crippen LogP contribution is -2.24. The van der Waals surface area contributed by atoms with E-state index < -0.39 is 0 Å². The van der Waals surface area contributed by atoms with Gasteiger partial charge in [0.05, 0.1) is 19.2 Å². The van der Waals surface area contributed by atoms with E-state index in [0.29, 0.717) is 28.7 Å². The first kappa shape index (κ1) is 12.9. The lowest BCUT2D eigenvalue weighted by atomic mass is 10.1. The Morgan fingerprint density at radius 1 is 1.53 bits per heavy atom. The molecule has 100 valence electrons. The number of benzene rings is 1. The number of aryl methyl sites for hydroxylation is 1. The van der Waals surface area contributed by atoms with Gasteiger partial charge >= 0.3 is 0 Å². The minimum atomic E-state index is -0.309. The first-order chi connectivity index (χ1) is 9.10. The van der Waals surface area contributed by atoms with E-state index >= 15 is 0 Å². The smallest absolute Gasteiger partial charge is 0.253 e. The van der Waals surface area contributed by atoms with Gasteiger partial charge in [0.25, 0.3) is 5.91 Å². The van der Waals surface area contributed by atoms with Crippen molar-refractivity contribution in [3.63, 3.8) is 0 Å². The molecule has 0 saturated heterocycles. The van der Waals surface area contributed by atoms with Gasteiger partial charge < -0.3 is 20.3 Å². The Hall–Kier alpha value is -2.57. The van der Waals surface area contributed by atoms with E-state index in [4.69, 9.17) is 15.0 Å². The molecule has 0 spiro atoms. The fraction of sp³-hybridized carbons (Fsp3) is 0.250. The van der Waals surface area contributed by atoms with Gasteiger partial charge in [0.15, 0.2) is 5.82 Å². The summed E-state index contributed by atoms with van der Waals surface area (Å²) in [6.45, 7) is 1.86. The Bertz CT molecular complexity index is 594. The predicted octanol–water partition coefficient (Wildman–Crippen LogP) is 0.899. The zero-order chi connectivity index (χ0) is 13.8. The molecule has 0 atom stereocenters. The Morgan fingerprint density at radius 3 is 2.89 bits per heavy atom. The van der Waals surface area contributed by atoms with Crippen molar-refractivity contribution in [3.05, 3.63) is 35.5 Å². The van der Waals surface area contributed by atoms with Crippen LogP contribution >= 0.6 is 0 Å². The van der Waals surface area contributed by atoms with Crippen molar-refractivity contribution in [2.45, 2.75) is 13.5 Å². The van der Waals surface area contributed by atoms with Crippen LogP contribution in [-0.4, -0.2) is 23.2 Å². The summed E-state index contributed by atoms with van der Waals surface area (Å²) in [5.74, 6) is 1.16. The number of methoxy groups -OCH3 is 1. The minimum absolute atomic E-state index is 0.158. The molecule has 1 heterocycles. The maximum Gasteiger partial charge on any atom is 0.253 e. The van der Waals surface area contributed by atoms with Crippen LogP contribution in [0, 0.1) is 6.92 Å². The molecule has 1 aromatic heterocycles. The zero-order valence-electron chi connectivity index (χ0n) is 10.6. The van der Waals surface area contributed by atoms with Crippen molar-refractivity contribution in [1.29, 1.82) is 0 Å². The first-order valence-corrected chi connectivity index (χ1v) is 5.61. The number of nitrogens with one attached hydrogen (secondary N) is 1. The molecular formula is C12H14N4O3. The van der Waals surface area contributed by atoms with Crippen molar-refractivity contribution >= 4 is 11.6 Å². The first-order valence-electron chi connectivity index (χ1n) is 5.61. The SMILES string of the molecule is COc1ccc(C(=O)NCc2nc(C)no2)c(N)c1. The lowest BCUT2D eigenvalue weighted by molar-refractivity contribution is 0.0947. The number of nitrogens with zero attached hydrogens (tertiary/aromatic N) is 2. The topological polar surface area (TPSA) is 103 Å². The number of ether oxygens (including phenoxy) is 1. The molecule has 1 aromatic carbocycles. The molecule has 7 nitrogen and oxygen atoms in total. The summed E-state index contributed by atoms with van der Waals surface area (Å²) in [6, 6.07) is 4.86. The summed E-state index contributed by atoms with van der Waals surface area (Å²) in [4.78, 5) is 15.9. The van der Waals surface area contributed by atoms with Crippen LogP contribution < -0.4 is 15.8 Å². The number of aromatic nitrogens is 2. The molecule has 0 fully saturated rings. The third-order valence-electron chi connectivity index (χ3n) is 2.47. The van der Waals surface area contributed by atoms with E-state index in [-0.39, 0.29) is 12.5 Å². The van der Waals surface area contributed by atoms with Gasteiger partial charge in [0.2, 0.25) is 5.89 Å². The summed E-state index contributed by atoms with van der Waals surface area (Å²) in [7, 11) is 1.53. The molecule has 0 radical (unpaired) electrons. The molecule has 0 bridgehead atoms. The number of nitrogens with two attached hydrogens (primary N) is 1. The summed E-state index contributed by atoms with van der Waals surface area (Å²) in [5.41, 5.74) is 6.50. The monoisotopic (exact) mass is 262 g/mol. The molecule has 2 rings (SSSR count). The van der Waals surface area contributed by atoms with Crippen LogP contribution in [-0.2, 0) is 6.54 Å². The summed E-state index contributed by atoms with van der Waals surface area (Å²) < 4.78 is 9.91. The summed E-state index contributed by atoms with van der Waals surface area (Å²) >= 11 is 0. The van der Waals surface area contributed by atoms with Gasteiger partial charge in [-0.05, 0) is 19.1 Å². The molecule has 0 saturated carbocycles. The number of hydrogen-bond acceptors (Lipinski definition) is 6. The van der Waals surface area contributed by atoms with E-state index in [1.807, 2.05) is 0 Å². The Balaban J connectivity index is 2.03. The molecule has 0 aliphatic heterocycles. The van der Waals surface area contributed by atoms with Gasteiger partial charge in [0.1, 0.15) is 5.75 Å². The van der Waals surface area contributed by atoms with Gasteiger partial charge in [-0.2, -0.15) is 4.98 Å². The number of rotatable bonds is 4. The molecule has 0 aliphatic carbocycles. The Kier molecular flexibility index (Phi) is 3.65. The van der Waals surface area contributed by atoms with E-state index in [0.717, 1.165) is 0 Å². The van der Waals surface area contributed by atoms with Crippen LogP contribution in [0.4, 0.5) is 5.69 Å². The van der Waals surface area contributed by atoms with Crippen molar-refractivity contribution in [1.82, 2.24) is 15.5 Å². The van der Waals surface area contributed by atoms with Crippen LogP contribution in [0.2, 0.25) is 0 Å². The van der Waals surface area contributed by atoms with Gasteiger partial charge in [-0.3, -0.25) is 4.79 Å². The fourth-order valence-electron chi connectivity index (χ4n) is 1.54. The quantitative estimate of drug-likeness (QED) is 0.793. The molecule has 3 N–H and O–H groups in total. The van der Waals surface area contributed by atoms with Crippen molar-refractivity contribution in [3.8, 4) is 5.75 Å². The lowest BCUT2D eigenvalue weighted by Gasteiger charge is -2.07. The maximum absolute atomic E-state index is 11.9. The Labute approximate surface area is 109 Å². The van der Waals surface area contributed by atoms with Crippen LogP contribution in [0.1, 0.15) is 22.1 Å². The molecular weight excluding hydrogens is 248 g/mol. The normalized spacial score (nSPS) is 10.2. The number of carbonyl (C=O) groups is 1. The maximum atomic E-state index is 11.9. The highest BCUT2D eigenvalue weighted by atomic mass is 16.5. The average molecular weight is 262 g/mol. The molecule has 0 unspecified atom stereocenters. The highest BCUT2D eigenvalue weighted by Gasteiger charge is 2.11. The van der Waals surface area contributed by atoms with Gasteiger partial charge in [-0.25, -0.2) is 0 Å². The second-order valence-corrected chi connectivity index (χ2v) is 3.87. The number of hydrogen-bond donors (Lipinski definition) is 2. The summed E-state index contributed by atoms with van der Waals surface area (Å²) in [6.07, 6.45) is 0. The van der Waals surface area contributed by atoms with E-state index in [2.05, 4.69) is 15.5 Å². The van der Waals surface area contributed by atoms with Crippen LogP contribution in [0.25, 0.3) is 0 Å².